The van der Waals surface area contributed by atoms with Gasteiger partial charge in [0.05, 0.1) is 4.92 Å². The Balaban J connectivity index is 2.90. The molecule has 0 spiro atoms. The normalized spacial score (nSPS) is 10.3. The summed E-state index contributed by atoms with van der Waals surface area (Å²) < 4.78 is 0. The van der Waals surface area contributed by atoms with Crippen molar-refractivity contribution >= 4 is 23.3 Å². The number of aromatic nitrogens is 2. The fourth-order valence-electron chi connectivity index (χ4n) is 1.24. The van der Waals surface area contributed by atoms with Crippen LogP contribution in [-0.2, 0) is 0 Å². The van der Waals surface area contributed by atoms with Crippen molar-refractivity contribution < 1.29 is 10.0 Å². The first-order chi connectivity index (χ1) is 8.70. The molecule has 0 atom stereocenters. The zero-order valence-corrected chi connectivity index (χ0v) is 10.9. The summed E-state index contributed by atoms with van der Waals surface area (Å²) >= 11 is 1.25. The average molecular weight is 272 g/mol. The summed E-state index contributed by atoms with van der Waals surface area (Å²) in [6, 6.07) is 0. The molecule has 8 heteroatoms. The third kappa shape index (κ3) is 4.11. The predicted octanol–water partition coefficient (Wildman–Crippen LogP) is 1.68. The molecule has 0 radical (unpaired) electrons. The van der Waals surface area contributed by atoms with Gasteiger partial charge >= 0.3 is 5.69 Å². The number of rotatable bonds is 8. The second-order valence-corrected chi connectivity index (χ2v) is 4.57. The maximum absolute atomic E-state index is 11.1. The molecule has 0 saturated carbocycles. The van der Waals surface area contributed by atoms with E-state index in [0.717, 1.165) is 6.42 Å². The lowest BCUT2D eigenvalue weighted by Gasteiger charge is -2.07. The molecule has 1 aromatic heterocycles. The van der Waals surface area contributed by atoms with E-state index < -0.39 is 4.92 Å². The fraction of sp³-hybridized carbons (Fsp3) is 0.600. The summed E-state index contributed by atoms with van der Waals surface area (Å²) in [6.07, 6.45) is 2.74. The first kappa shape index (κ1) is 14.7. The van der Waals surface area contributed by atoms with Gasteiger partial charge in [-0.1, -0.05) is 18.7 Å². The molecule has 0 aliphatic rings. The zero-order valence-electron chi connectivity index (χ0n) is 10.1. The van der Waals surface area contributed by atoms with Crippen LogP contribution in [0.2, 0.25) is 0 Å². The van der Waals surface area contributed by atoms with Crippen LogP contribution in [-0.4, -0.2) is 38.9 Å². The smallest absolute Gasteiger partial charge is 0.343 e. The van der Waals surface area contributed by atoms with Gasteiger partial charge in [-0.2, -0.15) is 0 Å². The Kier molecular flexibility index (Phi) is 6.37. The first-order valence-electron chi connectivity index (χ1n) is 5.67. The third-order valence-corrected chi connectivity index (χ3v) is 3.12. The van der Waals surface area contributed by atoms with Crippen LogP contribution in [0.5, 0.6) is 0 Å². The van der Waals surface area contributed by atoms with Crippen molar-refractivity contribution in [2.45, 2.75) is 24.8 Å². The number of nitrogens with one attached hydrogen (secondary N) is 1. The Labute approximate surface area is 109 Å². The molecule has 0 saturated heterocycles. The lowest BCUT2D eigenvalue weighted by atomic mass is 10.4. The van der Waals surface area contributed by atoms with Gasteiger partial charge < -0.3 is 10.4 Å². The number of anilines is 1. The second kappa shape index (κ2) is 7.83. The highest BCUT2D eigenvalue weighted by atomic mass is 32.2. The minimum Gasteiger partial charge on any atom is -0.396 e. The molecule has 0 amide bonds. The Morgan fingerprint density at radius 2 is 2.33 bits per heavy atom. The van der Waals surface area contributed by atoms with Gasteiger partial charge in [-0.05, 0) is 12.8 Å². The van der Waals surface area contributed by atoms with E-state index in [0.29, 0.717) is 23.7 Å². The number of aliphatic hydroxyl groups is 1. The quantitative estimate of drug-likeness (QED) is 0.244. The SMILES string of the molecule is CCCNc1ncnc(SCCCO)c1[N+](=O)[O-]. The molecule has 2 N–H and O–H groups in total. The molecule has 18 heavy (non-hydrogen) atoms. The van der Waals surface area contributed by atoms with Gasteiger partial charge in [0, 0.05) is 18.9 Å². The van der Waals surface area contributed by atoms with E-state index in [4.69, 9.17) is 5.11 Å². The van der Waals surface area contributed by atoms with Crippen molar-refractivity contribution in [3.05, 3.63) is 16.4 Å². The third-order valence-electron chi connectivity index (χ3n) is 2.05. The van der Waals surface area contributed by atoms with Crippen molar-refractivity contribution in [3.63, 3.8) is 0 Å². The van der Waals surface area contributed by atoms with Crippen LogP contribution in [0.4, 0.5) is 11.5 Å². The summed E-state index contributed by atoms with van der Waals surface area (Å²) in [5.74, 6) is 0.838. The second-order valence-electron chi connectivity index (χ2n) is 3.49. The average Bonchev–Trinajstić information content (AvgIpc) is 2.36. The summed E-state index contributed by atoms with van der Waals surface area (Å²) in [7, 11) is 0. The molecule has 1 heterocycles. The van der Waals surface area contributed by atoms with E-state index >= 15 is 0 Å². The fourth-order valence-corrected chi connectivity index (χ4v) is 2.14. The highest BCUT2D eigenvalue weighted by Gasteiger charge is 2.22. The molecule has 1 rings (SSSR count). The Hall–Kier alpha value is -1.41. The first-order valence-corrected chi connectivity index (χ1v) is 6.66. The van der Waals surface area contributed by atoms with E-state index in [1.165, 1.54) is 18.1 Å². The maximum atomic E-state index is 11.1. The molecule has 0 aliphatic carbocycles. The Morgan fingerprint density at radius 1 is 1.56 bits per heavy atom. The monoisotopic (exact) mass is 272 g/mol. The van der Waals surface area contributed by atoms with Gasteiger partial charge in [-0.25, -0.2) is 9.97 Å². The lowest BCUT2D eigenvalue weighted by molar-refractivity contribution is -0.387. The Bertz CT molecular complexity index is 403. The Morgan fingerprint density at radius 3 is 2.94 bits per heavy atom. The summed E-state index contributed by atoms with van der Waals surface area (Å²) in [5, 5.41) is 23.0. The molecule has 1 aromatic rings. The molecule has 0 fully saturated rings. The standard InChI is InChI=1S/C10H16N4O3S/c1-2-4-11-9-8(14(16)17)10(13-7-12-9)18-6-3-5-15/h7,15H,2-6H2,1H3,(H,11,12,13). The van der Waals surface area contributed by atoms with E-state index in [9.17, 15) is 10.1 Å². The van der Waals surface area contributed by atoms with E-state index in [1.54, 1.807) is 0 Å². The van der Waals surface area contributed by atoms with Crippen LogP contribution in [0.15, 0.2) is 11.4 Å². The van der Waals surface area contributed by atoms with Gasteiger partial charge in [-0.15, -0.1) is 0 Å². The molecule has 7 nitrogen and oxygen atoms in total. The number of thioether (sulfide) groups is 1. The molecular formula is C10H16N4O3S. The minimum atomic E-state index is -0.473. The molecule has 100 valence electrons. The molecule has 0 bridgehead atoms. The van der Waals surface area contributed by atoms with Crippen molar-refractivity contribution in [3.8, 4) is 0 Å². The highest BCUT2D eigenvalue weighted by molar-refractivity contribution is 7.99. The number of nitrogens with zero attached hydrogens (tertiary/aromatic N) is 3. The van der Waals surface area contributed by atoms with Gasteiger partial charge in [0.25, 0.3) is 0 Å². The maximum Gasteiger partial charge on any atom is 0.343 e. The van der Waals surface area contributed by atoms with Crippen molar-refractivity contribution in [2.75, 3.05) is 24.2 Å². The number of aliphatic hydroxyl groups excluding tert-OH is 1. The zero-order chi connectivity index (χ0) is 13.4. The number of nitro groups is 1. The van der Waals surface area contributed by atoms with E-state index in [-0.39, 0.29) is 18.1 Å². The molecular weight excluding hydrogens is 256 g/mol. The van der Waals surface area contributed by atoms with Gasteiger partial charge in [0.2, 0.25) is 5.82 Å². The predicted molar refractivity (Wildman–Crippen MR) is 69.9 cm³/mol. The van der Waals surface area contributed by atoms with Crippen molar-refractivity contribution in [2.24, 2.45) is 0 Å². The van der Waals surface area contributed by atoms with Crippen LogP contribution >= 0.6 is 11.8 Å². The number of hydrogen-bond acceptors (Lipinski definition) is 7. The van der Waals surface area contributed by atoms with Crippen LogP contribution in [0.3, 0.4) is 0 Å². The van der Waals surface area contributed by atoms with Crippen LogP contribution < -0.4 is 5.32 Å². The summed E-state index contributed by atoms with van der Waals surface area (Å²) in [4.78, 5) is 18.4. The molecule has 0 unspecified atom stereocenters. The van der Waals surface area contributed by atoms with Crippen LogP contribution in [0, 0.1) is 10.1 Å². The lowest BCUT2D eigenvalue weighted by Crippen LogP contribution is -2.07. The molecule has 0 aliphatic heterocycles. The van der Waals surface area contributed by atoms with Crippen molar-refractivity contribution in [1.29, 1.82) is 0 Å². The van der Waals surface area contributed by atoms with Gasteiger partial charge in [0.1, 0.15) is 6.33 Å². The summed E-state index contributed by atoms with van der Waals surface area (Å²) in [6.45, 7) is 2.66. The van der Waals surface area contributed by atoms with Crippen molar-refractivity contribution in [1.82, 2.24) is 9.97 Å². The van der Waals surface area contributed by atoms with Crippen LogP contribution in [0.25, 0.3) is 0 Å². The molecule has 0 aromatic carbocycles. The summed E-state index contributed by atoms with van der Waals surface area (Å²) in [5.41, 5.74) is -0.0890. The minimum absolute atomic E-state index is 0.0623. The number of hydrogen-bond donors (Lipinski definition) is 2. The van der Waals surface area contributed by atoms with E-state index in [1.807, 2.05) is 6.92 Å². The highest BCUT2D eigenvalue weighted by Crippen LogP contribution is 2.32. The van der Waals surface area contributed by atoms with E-state index in [2.05, 4.69) is 15.3 Å². The van der Waals surface area contributed by atoms with Gasteiger partial charge in [-0.3, -0.25) is 10.1 Å². The van der Waals surface area contributed by atoms with Crippen LogP contribution in [0.1, 0.15) is 19.8 Å². The largest absolute Gasteiger partial charge is 0.396 e. The topological polar surface area (TPSA) is 101 Å². The van der Waals surface area contributed by atoms with Gasteiger partial charge in [0.15, 0.2) is 5.03 Å².